The smallest absolute Gasteiger partial charge is 0.342 e. The molecule has 1 heterocycles. The van der Waals surface area contributed by atoms with Crippen molar-refractivity contribution in [1.29, 1.82) is 0 Å². The van der Waals surface area contributed by atoms with Gasteiger partial charge < -0.3 is 14.5 Å². The highest BCUT2D eigenvalue weighted by Crippen LogP contribution is 2.14. The quantitative estimate of drug-likeness (QED) is 0.813. The number of esters is 1. The van der Waals surface area contributed by atoms with Gasteiger partial charge in [-0.25, -0.2) is 4.79 Å². The number of rotatable bonds is 5. The van der Waals surface area contributed by atoms with Crippen molar-refractivity contribution in [3.63, 3.8) is 0 Å². The van der Waals surface area contributed by atoms with E-state index >= 15 is 0 Å². The summed E-state index contributed by atoms with van der Waals surface area (Å²) in [6.45, 7) is 7.71. The van der Waals surface area contributed by atoms with Gasteiger partial charge in [0.1, 0.15) is 17.1 Å². The molecule has 100 valence electrons. The highest BCUT2D eigenvalue weighted by molar-refractivity contribution is 5.92. The van der Waals surface area contributed by atoms with Crippen LogP contribution in [0.4, 0.5) is 0 Å². The van der Waals surface area contributed by atoms with Crippen LogP contribution in [-0.4, -0.2) is 25.0 Å². The van der Waals surface area contributed by atoms with Gasteiger partial charge in [0.2, 0.25) is 0 Å². The maximum atomic E-state index is 11.7. The third-order valence-electron chi connectivity index (χ3n) is 2.30. The van der Waals surface area contributed by atoms with Crippen molar-refractivity contribution in [3.05, 3.63) is 23.2 Å². The van der Waals surface area contributed by atoms with Crippen molar-refractivity contribution in [3.8, 4) is 0 Å². The molecule has 0 aliphatic rings. The van der Waals surface area contributed by atoms with Gasteiger partial charge in [0, 0.05) is 6.54 Å². The Morgan fingerprint density at radius 3 is 2.56 bits per heavy atom. The summed E-state index contributed by atoms with van der Waals surface area (Å²) in [7, 11) is 0. The van der Waals surface area contributed by atoms with Crippen molar-refractivity contribution in [2.45, 2.75) is 27.7 Å². The first-order chi connectivity index (χ1) is 8.40. The molecule has 0 aliphatic heterocycles. The summed E-state index contributed by atoms with van der Waals surface area (Å²) >= 11 is 0. The summed E-state index contributed by atoms with van der Waals surface area (Å²) in [4.78, 5) is 23.0. The zero-order chi connectivity index (χ0) is 13.7. The highest BCUT2D eigenvalue weighted by Gasteiger charge is 2.16. The first-order valence-electron chi connectivity index (χ1n) is 5.91. The second-order valence-electron chi connectivity index (χ2n) is 4.60. The number of ether oxygens (including phenoxy) is 1. The first kappa shape index (κ1) is 14.3. The Morgan fingerprint density at radius 1 is 1.39 bits per heavy atom. The van der Waals surface area contributed by atoms with Gasteiger partial charge in [-0.15, -0.1) is 0 Å². The van der Waals surface area contributed by atoms with E-state index in [0.29, 0.717) is 29.5 Å². The van der Waals surface area contributed by atoms with Crippen LogP contribution in [0.3, 0.4) is 0 Å². The lowest BCUT2D eigenvalue weighted by Gasteiger charge is -2.07. The fourth-order valence-electron chi connectivity index (χ4n) is 1.41. The van der Waals surface area contributed by atoms with E-state index in [2.05, 4.69) is 5.32 Å². The van der Waals surface area contributed by atoms with Crippen LogP contribution in [-0.2, 0) is 9.53 Å². The topological polar surface area (TPSA) is 68.5 Å². The number of hydrogen-bond donors (Lipinski definition) is 1. The van der Waals surface area contributed by atoms with E-state index in [1.54, 1.807) is 19.9 Å². The molecule has 1 amide bonds. The standard InChI is InChI=1S/C13H19NO4/c1-8(2)6-14-12(15)7-17-13(16)11-5-9(3)18-10(11)4/h5,8H,6-7H2,1-4H3,(H,14,15). The molecule has 0 saturated heterocycles. The fourth-order valence-corrected chi connectivity index (χ4v) is 1.41. The third kappa shape index (κ3) is 4.24. The van der Waals surface area contributed by atoms with Crippen molar-refractivity contribution in [2.75, 3.05) is 13.2 Å². The molecule has 0 aliphatic carbocycles. The maximum Gasteiger partial charge on any atom is 0.342 e. The lowest BCUT2D eigenvalue weighted by atomic mass is 10.2. The molecular weight excluding hydrogens is 234 g/mol. The summed E-state index contributed by atoms with van der Waals surface area (Å²) in [5.74, 6) is 0.672. The molecule has 1 aromatic rings. The SMILES string of the molecule is Cc1cc(C(=O)OCC(=O)NCC(C)C)c(C)o1. The monoisotopic (exact) mass is 253 g/mol. The lowest BCUT2D eigenvalue weighted by molar-refractivity contribution is -0.124. The van der Waals surface area contributed by atoms with Gasteiger partial charge in [-0.3, -0.25) is 4.79 Å². The van der Waals surface area contributed by atoms with Crippen LogP contribution in [0.15, 0.2) is 10.5 Å². The zero-order valence-corrected chi connectivity index (χ0v) is 11.2. The van der Waals surface area contributed by atoms with Crippen molar-refractivity contribution in [2.24, 2.45) is 5.92 Å². The van der Waals surface area contributed by atoms with E-state index in [9.17, 15) is 9.59 Å². The van der Waals surface area contributed by atoms with Crippen LogP contribution in [0.5, 0.6) is 0 Å². The Labute approximate surface area is 106 Å². The predicted octanol–water partition coefficient (Wildman–Crippen LogP) is 1.83. The molecule has 0 atom stereocenters. The average molecular weight is 253 g/mol. The largest absolute Gasteiger partial charge is 0.466 e. The molecule has 18 heavy (non-hydrogen) atoms. The minimum atomic E-state index is -0.538. The number of furan rings is 1. The Hall–Kier alpha value is -1.78. The molecule has 5 heteroatoms. The Balaban J connectivity index is 2.42. The zero-order valence-electron chi connectivity index (χ0n) is 11.2. The second-order valence-corrected chi connectivity index (χ2v) is 4.60. The van der Waals surface area contributed by atoms with Crippen LogP contribution in [0.25, 0.3) is 0 Å². The van der Waals surface area contributed by atoms with Crippen LogP contribution in [0.2, 0.25) is 0 Å². The van der Waals surface area contributed by atoms with Gasteiger partial charge in [-0.05, 0) is 25.8 Å². The van der Waals surface area contributed by atoms with E-state index in [1.165, 1.54) is 0 Å². The minimum Gasteiger partial charge on any atom is -0.466 e. The summed E-state index contributed by atoms with van der Waals surface area (Å²) < 4.78 is 10.1. The summed E-state index contributed by atoms with van der Waals surface area (Å²) in [5.41, 5.74) is 0.365. The molecule has 0 spiro atoms. The van der Waals surface area contributed by atoms with Crippen LogP contribution < -0.4 is 5.32 Å². The van der Waals surface area contributed by atoms with Crippen molar-refractivity contribution in [1.82, 2.24) is 5.32 Å². The molecule has 5 nitrogen and oxygen atoms in total. The number of nitrogens with one attached hydrogen (secondary N) is 1. The molecule has 0 saturated carbocycles. The second kappa shape index (κ2) is 6.23. The van der Waals surface area contributed by atoms with Crippen molar-refractivity contribution >= 4 is 11.9 Å². The Bertz CT molecular complexity index is 434. The highest BCUT2D eigenvalue weighted by atomic mass is 16.5. The number of amides is 1. The van der Waals surface area contributed by atoms with Gasteiger partial charge in [0.15, 0.2) is 6.61 Å². The maximum absolute atomic E-state index is 11.7. The number of carbonyl (C=O) groups is 2. The van der Waals surface area contributed by atoms with Gasteiger partial charge in [0.05, 0.1) is 0 Å². The number of carbonyl (C=O) groups excluding carboxylic acids is 2. The Morgan fingerprint density at radius 2 is 2.06 bits per heavy atom. The van der Waals surface area contributed by atoms with Gasteiger partial charge in [-0.2, -0.15) is 0 Å². The predicted molar refractivity (Wildman–Crippen MR) is 66.3 cm³/mol. The molecule has 0 aromatic carbocycles. The molecule has 1 N–H and O–H groups in total. The molecular formula is C13H19NO4. The molecule has 0 fully saturated rings. The summed E-state index contributed by atoms with van der Waals surface area (Å²) in [6, 6.07) is 1.60. The number of aryl methyl sites for hydroxylation is 2. The molecule has 1 aromatic heterocycles. The minimum absolute atomic E-state index is 0.269. The van der Waals surface area contributed by atoms with Crippen LogP contribution in [0, 0.1) is 19.8 Å². The van der Waals surface area contributed by atoms with E-state index in [4.69, 9.17) is 9.15 Å². The normalized spacial score (nSPS) is 10.5. The van der Waals surface area contributed by atoms with E-state index in [1.807, 2.05) is 13.8 Å². The van der Waals surface area contributed by atoms with Gasteiger partial charge >= 0.3 is 5.97 Å². The molecule has 0 radical (unpaired) electrons. The van der Waals surface area contributed by atoms with Gasteiger partial charge in [-0.1, -0.05) is 13.8 Å². The summed E-state index contributed by atoms with van der Waals surface area (Å²) in [5, 5.41) is 2.67. The number of hydrogen-bond acceptors (Lipinski definition) is 4. The summed E-state index contributed by atoms with van der Waals surface area (Å²) in [6.07, 6.45) is 0. The van der Waals surface area contributed by atoms with E-state index in [-0.39, 0.29) is 12.5 Å². The van der Waals surface area contributed by atoms with E-state index < -0.39 is 5.97 Å². The van der Waals surface area contributed by atoms with E-state index in [0.717, 1.165) is 0 Å². The molecule has 0 unspecified atom stereocenters. The van der Waals surface area contributed by atoms with Gasteiger partial charge in [0.25, 0.3) is 5.91 Å². The molecule has 1 rings (SSSR count). The fraction of sp³-hybridized carbons (Fsp3) is 0.538. The molecule has 0 bridgehead atoms. The van der Waals surface area contributed by atoms with Crippen LogP contribution >= 0.6 is 0 Å². The average Bonchev–Trinajstić information content (AvgIpc) is 2.62. The van der Waals surface area contributed by atoms with Crippen LogP contribution in [0.1, 0.15) is 35.7 Å². The Kier molecular flexibility index (Phi) is 4.95. The lowest BCUT2D eigenvalue weighted by Crippen LogP contribution is -2.31. The van der Waals surface area contributed by atoms with Crippen molar-refractivity contribution < 1.29 is 18.7 Å². The first-order valence-corrected chi connectivity index (χ1v) is 5.91. The third-order valence-corrected chi connectivity index (χ3v) is 2.30.